The van der Waals surface area contributed by atoms with Crippen LogP contribution in [-0.4, -0.2) is 32.1 Å². The minimum Gasteiger partial charge on any atom is -0.482 e. The fourth-order valence-corrected chi connectivity index (χ4v) is 2.06. The Balaban J connectivity index is 2.29. The maximum absolute atomic E-state index is 12.0. The Morgan fingerprint density at radius 2 is 2.11 bits per heavy atom. The van der Waals surface area contributed by atoms with Crippen molar-refractivity contribution < 1.29 is 19.1 Å². The summed E-state index contributed by atoms with van der Waals surface area (Å²) in [6.07, 6.45) is 0. The first-order valence-electron chi connectivity index (χ1n) is 6.06. The van der Waals surface area contributed by atoms with Gasteiger partial charge in [-0.05, 0) is 26.0 Å². The number of rotatable bonds is 3. The minimum atomic E-state index is -0.769. The smallest absolute Gasteiger partial charge is 0.313 e. The van der Waals surface area contributed by atoms with E-state index in [9.17, 15) is 9.59 Å². The number of para-hydroxylation sites is 2. The molecule has 5 heteroatoms. The van der Waals surface area contributed by atoms with Gasteiger partial charge in [-0.15, -0.1) is 0 Å². The minimum absolute atomic E-state index is 0.00569. The molecular weight excluding hydrogens is 246 g/mol. The van der Waals surface area contributed by atoms with Crippen LogP contribution in [0.4, 0.5) is 5.69 Å². The summed E-state index contributed by atoms with van der Waals surface area (Å²) < 4.78 is 10.1. The maximum Gasteiger partial charge on any atom is 0.313 e. The van der Waals surface area contributed by atoms with Crippen LogP contribution in [0.2, 0.25) is 0 Å². The summed E-state index contributed by atoms with van der Waals surface area (Å²) in [4.78, 5) is 25.3. The standard InChI is InChI=1S/C14H17NO4/c1-14(2,13(17)18-3)9-15-10-6-4-5-7-11(10)19-8-12(15)16/h4-7H,8-9H2,1-3H3. The van der Waals surface area contributed by atoms with Gasteiger partial charge in [-0.2, -0.15) is 0 Å². The molecule has 5 nitrogen and oxygen atoms in total. The monoisotopic (exact) mass is 263 g/mol. The first kappa shape index (κ1) is 13.4. The van der Waals surface area contributed by atoms with Crippen molar-refractivity contribution in [2.24, 2.45) is 5.41 Å². The molecule has 0 bridgehead atoms. The lowest BCUT2D eigenvalue weighted by atomic mass is 9.92. The van der Waals surface area contributed by atoms with Crippen molar-refractivity contribution in [1.29, 1.82) is 0 Å². The number of fused-ring (bicyclic) bond motifs is 1. The second-order valence-electron chi connectivity index (χ2n) is 5.11. The van der Waals surface area contributed by atoms with Crippen molar-refractivity contribution in [2.45, 2.75) is 13.8 Å². The van der Waals surface area contributed by atoms with Crippen LogP contribution in [0.5, 0.6) is 5.75 Å². The lowest BCUT2D eigenvalue weighted by Crippen LogP contribution is -2.46. The molecule has 0 fully saturated rings. The van der Waals surface area contributed by atoms with Gasteiger partial charge in [-0.25, -0.2) is 0 Å². The van der Waals surface area contributed by atoms with Gasteiger partial charge in [0.2, 0.25) is 0 Å². The topological polar surface area (TPSA) is 55.8 Å². The summed E-state index contributed by atoms with van der Waals surface area (Å²) in [6, 6.07) is 7.29. The van der Waals surface area contributed by atoms with E-state index in [1.54, 1.807) is 30.9 Å². The highest BCUT2D eigenvalue weighted by Gasteiger charge is 2.36. The zero-order chi connectivity index (χ0) is 14.0. The van der Waals surface area contributed by atoms with Crippen LogP contribution in [0.15, 0.2) is 24.3 Å². The molecule has 1 aliphatic rings. The van der Waals surface area contributed by atoms with E-state index in [4.69, 9.17) is 9.47 Å². The van der Waals surface area contributed by atoms with Crippen LogP contribution < -0.4 is 9.64 Å². The fourth-order valence-electron chi connectivity index (χ4n) is 2.06. The largest absolute Gasteiger partial charge is 0.482 e. The molecular formula is C14H17NO4. The molecule has 19 heavy (non-hydrogen) atoms. The molecule has 1 aliphatic heterocycles. The van der Waals surface area contributed by atoms with E-state index in [-0.39, 0.29) is 25.0 Å². The van der Waals surface area contributed by atoms with Crippen molar-refractivity contribution in [2.75, 3.05) is 25.2 Å². The number of hydrogen-bond acceptors (Lipinski definition) is 4. The van der Waals surface area contributed by atoms with Crippen LogP contribution in [0.25, 0.3) is 0 Å². The number of methoxy groups -OCH3 is 1. The molecule has 0 saturated carbocycles. The SMILES string of the molecule is COC(=O)C(C)(C)CN1C(=O)COc2ccccc21. The summed E-state index contributed by atoms with van der Waals surface area (Å²) >= 11 is 0. The van der Waals surface area contributed by atoms with Gasteiger partial charge < -0.3 is 14.4 Å². The summed E-state index contributed by atoms with van der Waals surface area (Å²) in [6.45, 7) is 3.77. The number of nitrogens with zero attached hydrogens (tertiary/aromatic N) is 1. The van der Waals surface area contributed by atoms with Crippen molar-refractivity contribution in [3.05, 3.63) is 24.3 Å². The summed E-state index contributed by atoms with van der Waals surface area (Å²) in [5.41, 5.74) is -0.0785. The van der Waals surface area contributed by atoms with Crippen LogP contribution in [0.1, 0.15) is 13.8 Å². The predicted molar refractivity (Wildman–Crippen MR) is 70.1 cm³/mol. The zero-order valence-electron chi connectivity index (χ0n) is 11.3. The molecule has 0 N–H and O–H groups in total. The third kappa shape index (κ3) is 2.54. The second-order valence-corrected chi connectivity index (χ2v) is 5.11. The van der Waals surface area contributed by atoms with Gasteiger partial charge in [0.05, 0.1) is 18.2 Å². The molecule has 0 aromatic heterocycles. The number of esters is 1. The zero-order valence-corrected chi connectivity index (χ0v) is 11.3. The average molecular weight is 263 g/mol. The van der Waals surface area contributed by atoms with E-state index in [0.29, 0.717) is 11.4 Å². The lowest BCUT2D eigenvalue weighted by molar-refractivity contribution is -0.150. The van der Waals surface area contributed by atoms with E-state index >= 15 is 0 Å². The molecule has 0 unspecified atom stereocenters. The highest BCUT2D eigenvalue weighted by atomic mass is 16.5. The second kappa shape index (κ2) is 4.91. The van der Waals surface area contributed by atoms with Crippen molar-refractivity contribution in [3.63, 3.8) is 0 Å². The third-order valence-corrected chi connectivity index (χ3v) is 3.10. The Labute approximate surface area is 112 Å². The molecule has 0 saturated heterocycles. The number of ether oxygens (including phenoxy) is 2. The number of hydrogen-bond donors (Lipinski definition) is 0. The van der Waals surface area contributed by atoms with Gasteiger partial charge >= 0.3 is 5.97 Å². The first-order chi connectivity index (χ1) is 8.95. The first-order valence-corrected chi connectivity index (χ1v) is 6.06. The summed E-state index contributed by atoms with van der Waals surface area (Å²) in [5.74, 6) is 0.155. The molecule has 102 valence electrons. The predicted octanol–water partition coefficient (Wildman–Crippen LogP) is 1.61. The molecule has 1 amide bonds. The summed E-state index contributed by atoms with van der Waals surface area (Å²) in [5, 5.41) is 0. The molecule has 0 aliphatic carbocycles. The average Bonchev–Trinajstić information content (AvgIpc) is 2.41. The quantitative estimate of drug-likeness (QED) is 0.777. The highest BCUT2D eigenvalue weighted by molar-refractivity contribution is 5.98. The van der Waals surface area contributed by atoms with Crippen LogP contribution in [0.3, 0.4) is 0 Å². The van der Waals surface area contributed by atoms with E-state index < -0.39 is 5.41 Å². The van der Waals surface area contributed by atoms with E-state index in [0.717, 1.165) is 0 Å². The Hall–Kier alpha value is -2.04. The van der Waals surface area contributed by atoms with Crippen molar-refractivity contribution >= 4 is 17.6 Å². The van der Waals surface area contributed by atoms with E-state index in [2.05, 4.69) is 0 Å². The number of carbonyl (C=O) groups excluding carboxylic acids is 2. The molecule has 0 radical (unpaired) electrons. The molecule has 0 spiro atoms. The number of anilines is 1. The number of benzene rings is 1. The van der Waals surface area contributed by atoms with E-state index in [1.165, 1.54) is 7.11 Å². The van der Waals surface area contributed by atoms with Crippen LogP contribution >= 0.6 is 0 Å². The summed E-state index contributed by atoms with van der Waals surface area (Å²) in [7, 11) is 1.35. The van der Waals surface area contributed by atoms with Gasteiger partial charge in [0.15, 0.2) is 6.61 Å². The highest BCUT2D eigenvalue weighted by Crippen LogP contribution is 2.33. The van der Waals surface area contributed by atoms with Gasteiger partial charge in [0.1, 0.15) is 5.75 Å². The van der Waals surface area contributed by atoms with Crippen LogP contribution in [-0.2, 0) is 14.3 Å². The number of carbonyl (C=O) groups is 2. The molecule has 1 aromatic carbocycles. The fraction of sp³-hybridized carbons (Fsp3) is 0.429. The Morgan fingerprint density at radius 1 is 1.42 bits per heavy atom. The van der Waals surface area contributed by atoms with Crippen molar-refractivity contribution in [1.82, 2.24) is 0 Å². The Bertz CT molecular complexity index is 510. The van der Waals surface area contributed by atoms with Gasteiger partial charge in [-0.3, -0.25) is 9.59 Å². The van der Waals surface area contributed by atoms with Gasteiger partial charge in [0.25, 0.3) is 5.91 Å². The molecule has 0 atom stereocenters. The lowest BCUT2D eigenvalue weighted by Gasteiger charge is -2.34. The van der Waals surface area contributed by atoms with E-state index in [1.807, 2.05) is 12.1 Å². The van der Waals surface area contributed by atoms with Crippen LogP contribution in [0, 0.1) is 5.41 Å². The molecule has 1 heterocycles. The number of amides is 1. The Morgan fingerprint density at radius 3 is 2.79 bits per heavy atom. The maximum atomic E-state index is 12.0. The van der Waals surface area contributed by atoms with Crippen molar-refractivity contribution in [3.8, 4) is 5.75 Å². The molecule has 1 aromatic rings. The Kier molecular flexibility index (Phi) is 3.46. The van der Waals surface area contributed by atoms with Gasteiger partial charge in [-0.1, -0.05) is 12.1 Å². The normalized spacial score (nSPS) is 14.7. The molecule has 2 rings (SSSR count). The van der Waals surface area contributed by atoms with Gasteiger partial charge in [0, 0.05) is 6.54 Å². The third-order valence-electron chi connectivity index (χ3n) is 3.10.